The zero-order chi connectivity index (χ0) is 20.2. The summed E-state index contributed by atoms with van der Waals surface area (Å²) < 4.78 is 5.51. The summed E-state index contributed by atoms with van der Waals surface area (Å²) in [6.45, 7) is 4.42. The number of benzene rings is 2. The van der Waals surface area contributed by atoms with Gasteiger partial charge in [0.1, 0.15) is 11.8 Å². The van der Waals surface area contributed by atoms with Gasteiger partial charge in [-0.15, -0.1) is 0 Å². The van der Waals surface area contributed by atoms with Crippen molar-refractivity contribution in [3.63, 3.8) is 0 Å². The molecule has 2 aromatic carbocycles. The Morgan fingerprint density at radius 3 is 2.72 bits per heavy atom. The topological polar surface area (TPSA) is 64.1 Å². The molecule has 2 heterocycles. The number of hydrogen-bond acceptors (Lipinski definition) is 4. The van der Waals surface area contributed by atoms with Gasteiger partial charge in [-0.1, -0.05) is 18.2 Å². The summed E-state index contributed by atoms with van der Waals surface area (Å²) in [5.41, 5.74) is 4.78. The van der Waals surface area contributed by atoms with Crippen LogP contribution in [0.3, 0.4) is 0 Å². The third-order valence-electron chi connectivity index (χ3n) is 6.05. The number of rotatable bonds is 6. The van der Waals surface area contributed by atoms with E-state index in [1.165, 1.54) is 18.4 Å². The van der Waals surface area contributed by atoms with E-state index in [0.29, 0.717) is 11.5 Å². The highest BCUT2D eigenvalue weighted by Gasteiger charge is 2.22. The summed E-state index contributed by atoms with van der Waals surface area (Å²) in [6.07, 6.45) is 2.34. The predicted molar refractivity (Wildman–Crippen MR) is 117 cm³/mol. The van der Waals surface area contributed by atoms with Crippen molar-refractivity contribution >= 4 is 10.9 Å². The maximum atomic E-state index is 9.93. The molecule has 1 aliphatic heterocycles. The van der Waals surface area contributed by atoms with Gasteiger partial charge in [0.2, 0.25) is 0 Å². The molecular weight excluding hydrogens is 360 g/mol. The molecule has 4 rings (SSSR count). The van der Waals surface area contributed by atoms with Crippen LogP contribution < -0.4 is 10.1 Å². The van der Waals surface area contributed by atoms with Crippen molar-refractivity contribution in [2.24, 2.45) is 0 Å². The van der Waals surface area contributed by atoms with Crippen LogP contribution in [0, 0.1) is 11.3 Å². The summed E-state index contributed by atoms with van der Waals surface area (Å²) in [5, 5.41) is 14.2. The van der Waals surface area contributed by atoms with Crippen molar-refractivity contribution in [3.8, 4) is 23.1 Å². The maximum Gasteiger partial charge on any atom is 0.128 e. The number of likely N-dealkylation sites (tertiary alicyclic amines) is 1. The fraction of sp³-hybridized carbons (Fsp3) is 0.375. The van der Waals surface area contributed by atoms with E-state index in [1.807, 2.05) is 31.3 Å². The molecule has 1 aliphatic rings. The van der Waals surface area contributed by atoms with Gasteiger partial charge in [0.15, 0.2) is 0 Å². The molecule has 0 amide bonds. The minimum Gasteiger partial charge on any atom is -0.496 e. The highest BCUT2D eigenvalue weighted by molar-refractivity contribution is 5.94. The summed E-state index contributed by atoms with van der Waals surface area (Å²) in [7, 11) is 3.67. The molecule has 1 saturated heterocycles. The Morgan fingerprint density at radius 2 is 2.00 bits per heavy atom. The van der Waals surface area contributed by atoms with E-state index in [0.717, 1.165) is 54.1 Å². The van der Waals surface area contributed by atoms with Crippen LogP contribution in [0.2, 0.25) is 0 Å². The summed E-state index contributed by atoms with van der Waals surface area (Å²) >= 11 is 0. The molecule has 0 atom stereocenters. The van der Waals surface area contributed by atoms with E-state index in [1.54, 1.807) is 7.11 Å². The zero-order valence-corrected chi connectivity index (χ0v) is 17.2. The molecule has 3 aromatic rings. The van der Waals surface area contributed by atoms with Crippen LogP contribution in [0.1, 0.15) is 29.9 Å². The van der Waals surface area contributed by atoms with E-state index < -0.39 is 0 Å². The second kappa shape index (κ2) is 8.69. The van der Waals surface area contributed by atoms with Gasteiger partial charge in [-0.25, -0.2) is 0 Å². The third kappa shape index (κ3) is 3.87. The van der Waals surface area contributed by atoms with Crippen molar-refractivity contribution in [2.45, 2.75) is 18.8 Å². The lowest BCUT2D eigenvalue weighted by Crippen LogP contribution is -2.37. The number of hydrogen-bond donors (Lipinski definition) is 2. The highest BCUT2D eigenvalue weighted by atomic mass is 16.5. The SMILES string of the molecule is CNCCN1CCC(c2ccc3[nH]c(-c4ccccc4OC)c(C#N)c3c2)CC1. The van der Waals surface area contributed by atoms with Crippen molar-refractivity contribution in [3.05, 3.63) is 53.6 Å². The molecule has 0 aliphatic carbocycles. The average molecular weight is 389 g/mol. The minimum atomic E-state index is 0.557. The number of H-pyrrole nitrogens is 1. The van der Waals surface area contributed by atoms with Gasteiger partial charge in [-0.2, -0.15) is 5.26 Å². The number of nitrogens with one attached hydrogen (secondary N) is 2. The standard InChI is InChI=1S/C24H28N4O/c1-26-11-14-28-12-9-17(10-13-28)18-7-8-22-20(15-18)21(16-25)24(27-22)19-5-3-4-6-23(19)29-2/h3-8,15,17,26-27H,9-14H2,1-2H3. The number of para-hydroxylation sites is 1. The first kappa shape index (κ1) is 19.5. The predicted octanol–water partition coefficient (Wildman–Crippen LogP) is 4.11. The Kier molecular flexibility index (Phi) is 5.84. The van der Waals surface area contributed by atoms with Crippen LogP contribution in [-0.4, -0.2) is 50.2 Å². The largest absolute Gasteiger partial charge is 0.496 e. The van der Waals surface area contributed by atoms with Crippen LogP contribution in [-0.2, 0) is 0 Å². The lowest BCUT2D eigenvalue weighted by atomic mass is 9.88. The molecule has 150 valence electrons. The lowest BCUT2D eigenvalue weighted by Gasteiger charge is -2.32. The molecule has 0 spiro atoms. The second-order valence-electron chi connectivity index (χ2n) is 7.71. The van der Waals surface area contributed by atoms with Crippen LogP contribution >= 0.6 is 0 Å². The number of piperidine rings is 1. The molecule has 0 saturated carbocycles. The number of aromatic amines is 1. The van der Waals surface area contributed by atoms with Gasteiger partial charge < -0.3 is 19.9 Å². The smallest absolute Gasteiger partial charge is 0.128 e. The second-order valence-corrected chi connectivity index (χ2v) is 7.71. The Balaban J connectivity index is 1.64. The number of methoxy groups -OCH3 is 1. The van der Waals surface area contributed by atoms with Gasteiger partial charge in [0.05, 0.1) is 18.4 Å². The number of fused-ring (bicyclic) bond motifs is 1. The summed E-state index contributed by atoms with van der Waals surface area (Å²) in [4.78, 5) is 5.98. The van der Waals surface area contributed by atoms with E-state index in [4.69, 9.17) is 4.74 Å². The lowest BCUT2D eigenvalue weighted by molar-refractivity contribution is 0.214. The van der Waals surface area contributed by atoms with Crippen LogP contribution in [0.4, 0.5) is 0 Å². The summed E-state index contributed by atoms with van der Waals surface area (Å²) in [5.74, 6) is 1.33. The normalized spacial score (nSPS) is 15.5. The first-order valence-electron chi connectivity index (χ1n) is 10.3. The number of likely N-dealkylation sites (N-methyl/N-ethyl adjacent to an activating group) is 1. The van der Waals surface area contributed by atoms with E-state index >= 15 is 0 Å². The molecule has 5 nitrogen and oxygen atoms in total. The van der Waals surface area contributed by atoms with Crippen molar-refractivity contribution in [1.82, 2.24) is 15.2 Å². The highest BCUT2D eigenvalue weighted by Crippen LogP contribution is 2.37. The van der Waals surface area contributed by atoms with Crippen molar-refractivity contribution in [2.75, 3.05) is 40.3 Å². The van der Waals surface area contributed by atoms with Gasteiger partial charge in [-0.3, -0.25) is 0 Å². The molecule has 29 heavy (non-hydrogen) atoms. The molecule has 1 fully saturated rings. The maximum absolute atomic E-state index is 9.93. The molecule has 1 aromatic heterocycles. The summed E-state index contributed by atoms with van der Waals surface area (Å²) in [6, 6.07) is 16.8. The fourth-order valence-corrected chi connectivity index (χ4v) is 4.39. The zero-order valence-electron chi connectivity index (χ0n) is 17.2. The van der Waals surface area contributed by atoms with Crippen LogP contribution in [0.15, 0.2) is 42.5 Å². The Labute approximate surface area is 172 Å². The van der Waals surface area contributed by atoms with Gasteiger partial charge in [-0.05, 0) is 68.7 Å². The minimum absolute atomic E-state index is 0.557. The Bertz CT molecular complexity index is 1030. The average Bonchev–Trinajstić information content (AvgIpc) is 3.15. The first-order valence-corrected chi connectivity index (χ1v) is 10.3. The number of aromatic nitrogens is 1. The number of nitriles is 1. The van der Waals surface area contributed by atoms with E-state index in [9.17, 15) is 5.26 Å². The number of nitrogens with zero attached hydrogens (tertiary/aromatic N) is 2. The fourth-order valence-electron chi connectivity index (χ4n) is 4.39. The van der Waals surface area contributed by atoms with Crippen LogP contribution in [0.25, 0.3) is 22.2 Å². The van der Waals surface area contributed by atoms with E-state index in [2.05, 4.69) is 39.5 Å². The third-order valence-corrected chi connectivity index (χ3v) is 6.05. The molecule has 2 N–H and O–H groups in total. The van der Waals surface area contributed by atoms with Gasteiger partial charge in [0.25, 0.3) is 0 Å². The molecule has 0 radical (unpaired) electrons. The Hall–Kier alpha value is -2.81. The van der Waals surface area contributed by atoms with Gasteiger partial charge >= 0.3 is 0 Å². The van der Waals surface area contributed by atoms with Crippen molar-refractivity contribution in [1.29, 1.82) is 5.26 Å². The molecular formula is C24H28N4O. The monoisotopic (exact) mass is 388 g/mol. The Morgan fingerprint density at radius 1 is 1.21 bits per heavy atom. The van der Waals surface area contributed by atoms with E-state index in [-0.39, 0.29) is 0 Å². The van der Waals surface area contributed by atoms with Crippen molar-refractivity contribution < 1.29 is 4.74 Å². The molecule has 0 unspecified atom stereocenters. The quantitative estimate of drug-likeness (QED) is 0.667. The van der Waals surface area contributed by atoms with Gasteiger partial charge in [0, 0.05) is 29.6 Å². The molecule has 0 bridgehead atoms. The first-order chi connectivity index (χ1) is 14.2. The molecule has 5 heteroatoms. The number of ether oxygens (including phenoxy) is 1. The van der Waals surface area contributed by atoms with Crippen LogP contribution in [0.5, 0.6) is 5.75 Å².